The molecule has 5 atom stereocenters. The van der Waals surface area contributed by atoms with E-state index >= 15 is 0 Å². The highest BCUT2D eigenvalue weighted by Crippen LogP contribution is 2.42. The topological polar surface area (TPSA) is 99.9 Å². The van der Waals surface area contributed by atoms with Gasteiger partial charge in [0.05, 0.1) is 20.8 Å². The summed E-state index contributed by atoms with van der Waals surface area (Å²) < 4.78 is 52.5. The van der Waals surface area contributed by atoms with Crippen molar-refractivity contribution in [3.05, 3.63) is 30.0 Å². The molecule has 10 nitrogen and oxygen atoms in total. The maximum atomic E-state index is 6.28. The molecule has 10 heteroatoms. The first-order valence-corrected chi connectivity index (χ1v) is 11.3. The van der Waals surface area contributed by atoms with Crippen molar-refractivity contribution in [3.63, 3.8) is 0 Å². The average molecular weight is 478 g/mol. The van der Waals surface area contributed by atoms with Crippen LogP contribution in [-0.4, -0.2) is 68.3 Å². The van der Waals surface area contributed by atoms with Gasteiger partial charge in [0.1, 0.15) is 36.7 Å². The number of methoxy groups -OCH3 is 2. The second-order valence-corrected chi connectivity index (χ2v) is 9.46. The first-order valence-electron chi connectivity index (χ1n) is 11.3. The van der Waals surface area contributed by atoms with Gasteiger partial charge in [-0.25, -0.2) is 0 Å². The van der Waals surface area contributed by atoms with Gasteiger partial charge < -0.3 is 42.4 Å². The zero-order chi connectivity index (χ0) is 24.1. The molecule has 3 fully saturated rings. The molecule has 3 saturated heterocycles. The average Bonchev–Trinajstić information content (AvgIpc) is 3.54. The van der Waals surface area contributed by atoms with Crippen molar-refractivity contribution in [2.24, 2.45) is 0 Å². The smallest absolute Gasteiger partial charge is 0.190 e. The second-order valence-electron chi connectivity index (χ2n) is 9.46. The van der Waals surface area contributed by atoms with Crippen molar-refractivity contribution in [2.45, 2.75) is 76.6 Å². The molecule has 0 spiro atoms. The predicted octanol–water partition coefficient (Wildman–Crippen LogP) is 3.27. The van der Waals surface area contributed by atoms with Crippen LogP contribution in [0.5, 0.6) is 11.5 Å². The van der Waals surface area contributed by atoms with E-state index in [2.05, 4.69) is 5.16 Å². The largest absolute Gasteiger partial charge is 0.493 e. The minimum atomic E-state index is -0.763. The monoisotopic (exact) mass is 477 g/mol. The highest BCUT2D eigenvalue weighted by molar-refractivity contribution is 5.63. The first kappa shape index (κ1) is 23.5. The van der Waals surface area contributed by atoms with Gasteiger partial charge in [-0.05, 0) is 45.9 Å². The summed E-state index contributed by atoms with van der Waals surface area (Å²) in [6, 6.07) is 7.39. The summed E-state index contributed by atoms with van der Waals surface area (Å²) in [7, 11) is 3.19. The van der Waals surface area contributed by atoms with Gasteiger partial charge in [0.15, 0.2) is 35.1 Å². The first-order chi connectivity index (χ1) is 16.2. The fourth-order valence-electron chi connectivity index (χ4n) is 4.56. The third kappa shape index (κ3) is 4.53. The summed E-state index contributed by atoms with van der Waals surface area (Å²) in [5.41, 5.74) is 1.50. The molecule has 3 aliphatic rings. The molecule has 5 rings (SSSR count). The second kappa shape index (κ2) is 8.78. The van der Waals surface area contributed by atoms with Crippen molar-refractivity contribution in [1.82, 2.24) is 5.16 Å². The van der Waals surface area contributed by atoms with Crippen molar-refractivity contribution in [1.29, 1.82) is 0 Å². The Morgan fingerprint density at radius 3 is 2.44 bits per heavy atom. The van der Waals surface area contributed by atoms with Crippen LogP contribution in [0.15, 0.2) is 28.8 Å². The fraction of sp³-hybridized carbons (Fsp3) is 0.625. The van der Waals surface area contributed by atoms with E-state index in [0.29, 0.717) is 29.6 Å². The Labute approximate surface area is 198 Å². The standard InChI is InChI=1S/C24H31NO9/c1-23(2)29-12-18(31-23)19-20(21-22(30-19)33-24(3,4)32-21)28-11-14-10-15(25-34-14)13-7-8-16(26-5)17(9-13)27-6/h7-10,18-22H,11-12H2,1-6H3/t18-,19-,20+,21-,22-/m1/s1. The lowest BCUT2D eigenvalue weighted by Gasteiger charge is -2.28. The Morgan fingerprint density at radius 1 is 0.941 bits per heavy atom. The summed E-state index contributed by atoms with van der Waals surface area (Å²) in [4.78, 5) is 0. The van der Waals surface area contributed by atoms with Crippen LogP contribution in [0.2, 0.25) is 0 Å². The lowest BCUT2D eigenvalue weighted by Crippen LogP contribution is -2.44. The molecule has 0 saturated carbocycles. The van der Waals surface area contributed by atoms with Gasteiger partial charge in [0, 0.05) is 11.6 Å². The van der Waals surface area contributed by atoms with Crippen LogP contribution in [0.1, 0.15) is 33.5 Å². The number of ether oxygens (including phenoxy) is 8. The quantitative estimate of drug-likeness (QED) is 0.591. The van der Waals surface area contributed by atoms with E-state index < -0.39 is 36.2 Å². The molecule has 0 N–H and O–H groups in total. The normalized spacial score (nSPS) is 31.5. The van der Waals surface area contributed by atoms with Crippen LogP contribution < -0.4 is 9.47 Å². The van der Waals surface area contributed by atoms with Gasteiger partial charge in [-0.2, -0.15) is 0 Å². The highest BCUT2D eigenvalue weighted by Gasteiger charge is 2.59. The Bertz CT molecular complexity index is 1020. The van der Waals surface area contributed by atoms with Crippen LogP contribution in [0.4, 0.5) is 0 Å². The predicted molar refractivity (Wildman–Crippen MR) is 117 cm³/mol. The Balaban J connectivity index is 1.30. The number of hydrogen-bond acceptors (Lipinski definition) is 10. The number of fused-ring (bicyclic) bond motifs is 1. The summed E-state index contributed by atoms with van der Waals surface area (Å²) >= 11 is 0. The molecule has 1 aromatic heterocycles. The Kier molecular flexibility index (Phi) is 6.07. The van der Waals surface area contributed by atoms with Crippen molar-refractivity contribution in [3.8, 4) is 22.8 Å². The van der Waals surface area contributed by atoms with E-state index in [1.807, 2.05) is 52.0 Å². The van der Waals surface area contributed by atoms with Crippen LogP contribution in [0, 0.1) is 0 Å². The van der Waals surface area contributed by atoms with E-state index in [1.165, 1.54) is 0 Å². The van der Waals surface area contributed by atoms with Crippen molar-refractivity contribution in [2.75, 3.05) is 20.8 Å². The number of nitrogens with zero attached hydrogens (tertiary/aromatic N) is 1. The molecule has 3 aliphatic heterocycles. The van der Waals surface area contributed by atoms with E-state index in [9.17, 15) is 0 Å². The number of hydrogen-bond donors (Lipinski definition) is 0. The van der Waals surface area contributed by atoms with Crippen molar-refractivity contribution < 1.29 is 42.4 Å². The molecular formula is C24H31NO9. The molecule has 0 amide bonds. The fourth-order valence-corrected chi connectivity index (χ4v) is 4.56. The molecule has 186 valence electrons. The SMILES string of the molecule is COc1ccc(-c2cc(CO[C@@H]3[C@H]4OC(C)(C)O[C@H]4O[C@@H]3[C@H]3COC(C)(C)O3)on2)cc1OC. The van der Waals surface area contributed by atoms with E-state index in [-0.39, 0.29) is 12.7 Å². The van der Waals surface area contributed by atoms with Gasteiger partial charge in [-0.1, -0.05) is 5.16 Å². The van der Waals surface area contributed by atoms with Crippen LogP contribution in [0.3, 0.4) is 0 Å². The maximum absolute atomic E-state index is 6.28. The highest BCUT2D eigenvalue weighted by atomic mass is 16.8. The van der Waals surface area contributed by atoms with Gasteiger partial charge in [-0.15, -0.1) is 0 Å². The van der Waals surface area contributed by atoms with Gasteiger partial charge in [-0.3, -0.25) is 0 Å². The summed E-state index contributed by atoms with van der Waals surface area (Å²) in [6.07, 6.45) is -2.11. The third-order valence-electron chi connectivity index (χ3n) is 6.08. The number of benzene rings is 1. The van der Waals surface area contributed by atoms with Crippen LogP contribution in [0.25, 0.3) is 11.3 Å². The van der Waals surface area contributed by atoms with Gasteiger partial charge >= 0.3 is 0 Å². The lowest BCUT2D eigenvalue weighted by molar-refractivity contribution is -0.237. The molecular weight excluding hydrogens is 446 g/mol. The minimum Gasteiger partial charge on any atom is -0.493 e. The number of rotatable bonds is 7. The zero-order valence-corrected chi connectivity index (χ0v) is 20.2. The molecule has 0 aliphatic carbocycles. The molecule has 0 unspecified atom stereocenters. The molecule has 2 aromatic rings. The molecule has 4 heterocycles. The van der Waals surface area contributed by atoms with Gasteiger partial charge in [0.2, 0.25) is 0 Å². The minimum absolute atomic E-state index is 0.175. The lowest BCUT2D eigenvalue weighted by atomic mass is 10.1. The zero-order valence-electron chi connectivity index (χ0n) is 20.2. The summed E-state index contributed by atoms with van der Waals surface area (Å²) in [5.74, 6) is 0.370. The van der Waals surface area contributed by atoms with Crippen LogP contribution in [-0.2, 0) is 35.0 Å². The van der Waals surface area contributed by atoms with Crippen molar-refractivity contribution >= 4 is 0 Å². The Hall–Kier alpha value is -2.21. The van der Waals surface area contributed by atoms with E-state index in [4.69, 9.17) is 42.4 Å². The molecule has 34 heavy (non-hydrogen) atoms. The molecule has 0 radical (unpaired) electrons. The maximum Gasteiger partial charge on any atom is 0.190 e. The van der Waals surface area contributed by atoms with Crippen LogP contribution >= 0.6 is 0 Å². The van der Waals surface area contributed by atoms with E-state index in [1.54, 1.807) is 14.2 Å². The van der Waals surface area contributed by atoms with E-state index in [0.717, 1.165) is 5.56 Å². The number of aromatic nitrogens is 1. The summed E-state index contributed by atoms with van der Waals surface area (Å²) in [6.45, 7) is 8.02. The van der Waals surface area contributed by atoms with Gasteiger partial charge in [0.25, 0.3) is 0 Å². The third-order valence-corrected chi connectivity index (χ3v) is 6.08. The summed E-state index contributed by atoms with van der Waals surface area (Å²) in [5, 5.41) is 4.18. The molecule has 1 aromatic carbocycles. The Morgan fingerprint density at radius 2 is 1.74 bits per heavy atom. The molecule has 0 bridgehead atoms.